The number of likely N-dealkylation sites (N-methyl/N-ethyl adjacent to an activating group) is 1. The van der Waals surface area contributed by atoms with Crippen LogP contribution in [0.15, 0.2) is 83.7 Å². The number of aliphatic hydroxyl groups excluding tert-OH is 1. The molecule has 6 heteroatoms. The number of rotatable bonds is 2. The molecule has 6 nitrogen and oxygen atoms in total. The maximum Gasteiger partial charge on any atom is 0.266 e. The van der Waals surface area contributed by atoms with Crippen LogP contribution in [-0.2, 0) is 0 Å². The Labute approximate surface area is 172 Å². The Bertz CT molecular complexity index is 1330. The summed E-state index contributed by atoms with van der Waals surface area (Å²) in [5.41, 5.74) is 1.76. The van der Waals surface area contributed by atoms with E-state index in [9.17, 15) is 14.7 Å². The second-order valence-corrected chi connectivity index (χ2v) is 7.36. The van der Waals surface area contributed by atoms with Gasteiger partial charge in [0, 0.05) is 7.05 Å². The summed E-state index contributed by atoms with van der Waals surface area (Å²) in [6.07, 6.45) is -1.06. The van der Waals surface area contributed by atoms with Gasteiger partial charge in [0.1, 0.15) is 18.0 Å². The lowest BCUT2D eigenvalue weighted by atomic mass is 10.00. The standard InChI is InChI=1S/C24H19N3O3/c1-26-20(21(28)15-9-3-2-4-10-15)22-25-18-13-7-5-11-16(18)24(30)27(22)19-14-8-6-12-17(19)23(26)29/h2-14,20-21,28H,1H3. The molecule has 2 heterocycles. The van der Waals surface area contributed by atoms with Crippen molar-refractivity contribution in [3.05, 3.63) is 106 Å². The number of para-hydroxylation sites is 2. The van der Waals surface area contributed by atoms with E-state index in [2.05, 4.69) is 0 Å². The Morgan fingerprint density at radius 3 is 2.37 bits per heavy atom. The first-order chi connectivity index (χ1) is 14.6. The maximum absolute atomic E-state index is 13.5. The van der Waals surface area contributed by atoms with Crippen molar-refractivity contribution < 1.29 is 9.90 Å². The van der Waals surface area contributed by atoms with Gasteiger partial charge in [0.25, 0.3) is 11.5 Å². The van der Waals surface area contributed by atoms with E-state index in [4.69, 9.17) is 4.98 Å². The number of nitrogens with zero attached hydrogens (tertiary/aromatic N) is 3. The van der Waals surface area contributed by atoms with E-state index in [1.807, 2.05) is 24.3 Å². The van der Waals surface area contributed by atoms with E-state index < -0.39 is 12.1 Å². The lowest BCUT2D eigenvalue weighted by Gasteiger charge is -2.30. The van der Waals surface area contributed by atoms with Crippen LogP contribution in [0.2, 0.25) is 0 Å². The fourth-order valence-corrected chi connectivity index (χ4v) is 4.11. The maximum atomic E-state index is 13.5. The summed E-state index contributed by atoms with van der Waals surface area (Å²) < 4.78 is 1.47. The van der Waals surface area contributed by atoms with Crippen LogP contribution in [0, 0.1) is 0 Å². The lowest BCUT2D eigenvalue weighted by Crippen LogP contribution is -2.36. The molecule has 5 rings (SSSR count). The first kappa shape index (κ1) is 18.3. The van der Waals surface area contributed by atoms with Crippen molar-refractivity contribution in [2.75, 3.05) is 7.05 Å². The van der Waals surface area contributed by atoms with Gasteiger partial charge in [0.15, 0.2) is 0 Å². The Balaban J connectivity index is 1.87. The van der Waals surface area contributed by atoms with Crippen LogP contribution in [0.5, 0.6) is 0 Å². The molecule has 0 saturated carbocycles. The lowest BCUT2D eigenvalue weighted by molar-refractivity contribution is 0.0413. The number of carbonyl (C=O) groups is 1. The third-order valence-electron chi connectivity index (χ3n) is 5.62. The highest BCUT2D eigenvalue weighted by molar-refractivity contribution is 5.98. The van der Waals surface area contributed by atoms with E-state index >= 15 is 0 Å². The Morgan fingerprint density at radius 1 is 0.900 bits per heavy atom. The summed E-state index contributed by atoms with van der Waals surface area (Å²) in [6, 6.07) is 22.3. The summed E-state index contributed by atoms with van der Waals surface area (Å²) in [5, 5.41) is 11.8. The van der Waals surface area contributed by atoms with Gasteiger partial charge in [0.05, 0.1) is 22.2 Å². The van der Waals surface area contributed by atoms with Crippen LogP contribution in [0.3, 0.4) is 0 Å². The molecule has 1 aromatic heterocycles. The van der Waals surface area contributed by atoms with Gasteiger partial charge in [-0.3, -0.25) is 14.2 Å². The van der Waals surface area contributed by atoms with E-state index in [0.29, 0.717) is 33.5 Å². The summed E-state index contributed by atoms with van der Waals surface area (Å²) in [4.78, 5) is 33.1. The zero-order chi connectivity index (χ0) is 20.8. The molecule has 1 amide bonds. The summed E-state index contributed by atoms with van der Waals surface area (Å²) in [5.74, 6) is 0.0513. The average Bonchev–Trinajstić information content (AvgIpc) is 2.88. The zero-order valence-corrected chi connectivity index (χ0v) is 16.3. The van der Waals surface area contributed by atoms with Gasteiger partial charge in [-0.1, -0.05) is 54.6 Å². The van der Waals surface area contributed by atoms with Crippen molar-refractivity contribution >= 4 is 16.8 Å². The number of aromatic nitrogens is 2. The second-order valence-electron chi connectivity index (χ2n) is 7.36. The van der Waals surface area contributed by atoms with E-state index in [0.717, 1.165) is 0 Å². The van der Waals surface area contributed by atoms with E-state index in [1.165, 1.54) is 9.47 Å². The fourth-order valence-electron chi connectivity index (χ4n) is 4.11. The Kier molecular flexibility index (Phi) is 4.22. The van der Waals surface area contributed by atoms with Gasteiger partial charge in [-0.25, -0.2) is 4.98 Å². The summed E-state index contributed by atoms with van der Waals surface area (Å²) in [7, 11) is 1.63. The molecule has 2 atom stereocenters. The summed E-state index contributed by atoms with van der Waals surface area (Å²) >= 11 is 0. The van der Waals surface area contributed by atoms with Crippen molar-refractivity contribution in [1.29, 1.82) is 0 Å². The molecule has 3 aromatic carbocycles. The molecule has 30 heavy (non-hydrogen) atoms. The quantitative estimate of drug-likeness (QED) is 0.563. The van der Waals surface area contributed by atoms with Crippen molar-refractivity contribution in [2.24, 2.45) is 0 Å². The highest BCUT2D eigenvalue weighted by Gasteiger charge is 2.38. The minimum atomic E-state index is -1.06. The monoisotopic (exact) mass is 397 g/mol. The molecule has 1 N–H and O–H groups in total. The molecule has 0 fully saturated rings. The first-order valence-electron chi connectivity index (χ1n) is 9.69. The number of amides is 1. The number of hydrogen-bond donors (Lipinski definition) is 1. The molecular weight excluding hydrogens is 378 g/mol. The molecule has 0 aliphatic carbocycles. The predicted octanol–water partition coefficient (Wildman–Crippen LogP) is 3.25. The minimum absolute atomic E-state index is 0.267. The molecule has 1 aliphatic heterocycles. The van der Waals surface area contributed by atoms with Crippen molar-refractivity contribution in [1.82, 2.24) is 14.5 Å². The van der Waals surface area contributed by atoms with Crippen molar-refractivity contribution in [3.63, 3.8) is 0 Å². The molecule has 148 valence electrons. The van der Waals surface area contributed by atoms with Crippen LogP contribution in [0.1, 0.15) is 33.9 Å². The molecule has 0 spiro atoms. The van der Waals surface area contributed by atoms with Crippen LogP contribution in [-0.4, -0.2) is 32.5 Å². The third-order valence-corrected chi connectivity index (χ3v) is 5.62. The third kappa shape index (κ3) is 2.65. The fraction of sp³-hybridized carbons (Fsp3) is 0.125. The molecule has 4 aromatic rings. The Morgan fingerprint density at radius 2 is 1.57 bits per heavy atom. The van der Waals surface area contributed by atoms with Gasteiger partial charge in [0.2, 0.25) is 0 Å². The van der Waals surface area contributed by atoms with Gasteiger partial charge < -0.3 is 10.0 Å². The number of aliphatic hydroxyl groups is 1. The van der Waals surface area contributed by atoms with Crippen LogP contribution in [0.25, 0.3) is 16.6 Å². The van der Waals surface area contributed by atoms with Gasteiger partial charge in [-0.15, -0.1) is 0 Å². The molecule has 1 aliphatic rings. The molecule has 0 saturated heterocycles. The van der Waals surface area contributed by atoms with Crippen molar-refractivity contribution in [3.8, 4) is 5.69 Å². The molecular formula is C24H19N3O3. The van der Waals surface area contributed by atoms with Gasteiger partial charge >= 0.3 is 0 Å². The number of benzene rings is 3. The highest BCUT2D eigenvalue weighted by atomic mass is 16.3. The van der Waals surface area contributed by atoms with Gasteiger partial charge in [-0.2, -0.15) is 0 Å². The largest absolute Gasteiger partial charge is 0.386 e. The second kappa shape index (κ2) is 6.93. The average molecular weight is 397 g/mol. The van der Waals surface area contributed by atoms with Gasteiger partial charge in [-0.05, 0) is 29.8 Å². The molecule has 0 bridgehead atoms. The number of carbonyl (C=O) groups excluding carboxylic acids is 1. The van der Waals surface area contributed by atoms with E-state index in [1.54, 1.807) is 61.6 Å². The van der Waals surface area contributed by atoms with Crippen LogP contribution >= 0.6 is 0 Å². The SMILES string of the molecule is CN1C(=O)c2ccccc2-n2c(nc3ccccc3c2=O)C1C(O)c1ccccc1. The first-order valence-corrected chi connectivity index (χ1v) is 9.69. The highest BCUT2D eigenvalue weighted by Crippen LogP contribution is 2.37. The minimum Gasteiger partial charge on any atom is -0.386 e. The normalized spacial score (nSPS) is 16.7. The van der Waals surface area contributed by atoms with E-state index in [-0.39, 0.29) is 11.5 Å². The van der Waals surface area contributed by atoms with Crippen molar-refractivity contribution in [2.45, 2.75) is 12.1 Å². The smallest absolute Gasteiger partial charge is 0.266 e. The molecule has 2 unspecified atom stereocenters. The Hall–Kier alpha value is -3.77. The predicted molar refractivity (Wildman–Crippen MR) is 114 cm³/mol. The number of hydrogen-bond acceptors (Lipinski definition) is 4. The topological polar surface area (TPSA) is 75.4 Å². The zero-order valence-electron chi connectivity index (χ0n) is 16.3. The number of fused-ring (bicyclic) bond motifs is 4. The molecule has 0 radical (unpaired) electrons. The summed E-state index contributed by atoms with van der Waals surface area (Å²) in [6.45, 7) is 0. The van der Waals surface area contributed by atoms with Crippen LogP contribution in [0.4, 0.5) is 0 Å². The van der Waals surface area contributed by atoms with Crippen LogP contribution < -0.4 is 5.56 Å².